The first-order valence-electron chi connectivity index (χ1n) is 7.57. The number of hydrogen-bond donors (Lipinski definition) is 2. The molecule has 0 radical (unpaired) electrons. The van der Waals surface area contributed by atoms with E-state index < -0.39 is 0 Å². The molecular formula is C17H12FN5OS2. The third-order valence-electron chi connectivity index (χ3n) is 3.71. The second kappa shape index (κ2) is 6.50. The number of amidine groups is 1. The topological polar surface area (TPSA) is 85.7 Å². The molecule has 6 nitrogen and oxygen atoms in total. The summed E-state index contributed by atoms with van der Waals surface area (Å²) in [5, 5.41) is 15.6. The van der Waals surface area contributed by atoms with Gasteiger partial charge in [-0.3, -0.25) is 15.3 Å². The molecule has 3 heterocycles. The van der Waals surface area contributed by atoms with Crippen molar-refractivity contribution in [3.8, 4) is 11.3 Å². The van der Waals surface area contributed by atoms with Crippen molar-refractivity contribution in [2.75, 3.05) is 4.90 Å². The molecule has 2 aromatic heterocycles. The molecule has 26 heavy (non-hydrogen) atoms. The number of amides is 1. The number of halogens is 1. The number of aryl methyl sites for hydroxylation is 1. The number of aromatic nitrogens is 3. The van der Waals surface area contributed by atoms with Gasteiger partial charge in [-0.15, -0.1) is 11.3 Å². The standard InChI is InChI=1S/C17H12FN5OS2/c1-9-7-20-17(25-9)23-15(24)13(26-16(23)19)6-11-8-21-22-14(11)10-2-4-12(18)5-3-10/h2-8,19H,1H3,(H,21,22)/b13-6-,19-16?. The number of nitrogens with one attached hydrogen (secondary N) is 2. The van der Waals surface area contributed by atoms with Gasteiger partial charge in [0.2, 0.25) is 0 Å². The highest BCUT2D eigenvalue weighted by molar-refractivity contribution is 8.19. The lowest BCUT2D eigenvalue weighted by Crippen LogP contribution is -2.27. The molecule has 0 atom stereocenters. The molecule has 0 aliphatic carbocycles. The summed E-state index contributed by atoms with van der Waals surface area (Å²) in [6.45, 7) is 1.90. The van der Waals surface area contributed by atoms with Gasteiger partial charge in [0.05, 0.1) is 16.8 Å². The number of benzene rings is 1. The number of thiazole rings is 1. The lowest BCUT2D eigenvalue weighted by Gasteiger charge is -2.09. The van der Waals surface area contributed by atoms with Crippen molar-refractivity contribution in [3.05, 3.63) is 57.8 Å². The van der Waals surface area contributed by atoms with E-state index in [1.807, 2.05) is 6.92 Å². The molecule has 0 saturated carbocycles. The largest absolute Gasteiger partial charge is 0.278 e. The van der Waals surface area contributed by atoms with Crippen LogP contribution in [0.5, 0.6) is 0 Å². The van der Waals surface area contributed by atoms with Gasteiger partial charge < -0.3 is 0 Å². The van der Waals surface area contributed by atoms with Gasteiger partial charge in [-0.05, 0) is 49.0 Å². The molecular weight excluding hydrogens is 373 g/mol. The van der Waals surface area contributed by atoms with Crippen LogP contribution in [0.3, 0.4) is 0 Å². The summed E-state index contributed by atoms with van der Waals surface area (Å²) in [6, 6.07) is 6.01. The quantitative estimate of drug-likeness (QED) is 0.667. The molecule has 2 N–H and O–H groups in total. The maximum atomic E-state index is 13.1. The second-order valence-corrected chi connectivity index (χ2v) is 7.76. The van der Waals surface area contributed by atoms with Crippen LogP contribution in [0.15, 0.2) is 41.6 Å². The van der Waals surface area contributed by atoms with Crippen molar-refractivity contribution in [2.24, 2.45) is 0 Å². The third kappa shape index (κ3) is 2.95. The first-order valence-corrected chi connectivity index (χ1v) is 9.20. The number of thioether (sulfide) groups is 1. The van der Waals surface area contributed by atoms with Crippen molar-refractivity contribution in [3.63, 3.8) is 0 Å². The first kappa shape index (κ1) is 16.7. The van der Waals surface area contributed by atoms with E-state index in [2.05, 4.69) is 15.2 Å². The fourth-order valence-electron chi connectivity index (χ4n) is 2.50. The zero-order valence-corrected chi connectivity index (χ0v) is 15.1. The summed E-state index contributed by atoms with van der Waals surface area (Å²) < 4.78 is 13.1. The maximum Gasteiger partial charge on any atom is 0.273 e. The van der Waals surface area contributed by atoms with Gasteiger partial charge in [-0.2, -0.15) is 5.10 Å². The first-order chi connectivity index (χ1) is 12.5. The highest BCUT2D eigenvalue weighted by Gasteiger charge is 2.35. The van der Waals surface area contributed by atoms with E-state index in [-0.39, 0.29) is 16.9 Å². The fourth-order valence-corrected chi connectivity index (χ4v) is 4.16. The van der Waals surface area contributed by atoms with E-state index in [0.717, 1.165) is 22.2 Å². The lowest BCUT2D eigenvalue weighted by atomic mass is 10.1. The number of carbonyl (C=O) groups is 1. The van der Waals surface area contributed by atoms with Crippen LogP contribution < -0.4 is 4.90 Å². The van der Waals surface area contributed by atoms with Crippen LogP contribution >= 0.6 is 23.1 Å². The highest BCUT2D eigenvalue weighted by atomic mass is 32.2. The van der Waals surface area contributed by atoms with Gasteiger partial charge in [0.25, 0.3) is 5.91 Å². The van der Waals surface area contributed by atoms with Crippen molar-refractivity contribution < 1.29 is 9.18 Å². The fraction of sp³-hybridized carbons (Fsp3) is 0.0588. The normalized spacial score (nSPS) is 16.1. The number of H-pyrrole nitrogens is 1. The van der Waals surface area contributed by atoms with Gasteiger partial charge >= 0.3 is 0 Å². The predicted octanol–water partition coefficient (Wildman–Crippen LogP) is 4.04. The number of rotatable bonds is 3. The van der Waals surface area contributed by atoms with Crippen LogP contribution in [0.4, 0.5) is 9.52 Å². The molecule has 1 fully saturated rings. The molecule has 130 valence electrons. The van der Waals surface area contributed by atoms with E-state index in [9.17, 15) is 9.18 Å². The van der Waals surface area contributed by atoms with E-state index in [0.29, 0.717) is 21.3 Å². The number of nitrogens with zero attached hydrogens (tertiary/aromatic N) is 3. The summed E-state index contributed by atoms with van der Waals surface area (Å²) in [5.74, 6) is -0.613. The number of anilines is 1. The maximum absolute atomic E-state index is 13.1. The molecule has 1 saturated heterocycles. The van der Waals surface area contributed by atoms with Crippen LogP contribution in [0.1, 0.15) is 10.4 Å². The summed E-state index contributed by atoms with van der Waals surface area (Å²) in [7, 11) is 0. The molecule has 3 aromatic rings. The van der Waals surface area contributed by atoms with Crippen molar-refractivity contribution in [2.45, 2.75) is 6.92 Å². The summed E-state index contributed by atoms with van der Waals surface area (Å²) in [6.07, 6.45) is 4.96. The summed E-state index contributed by atoms with van der Waals surface area (Å²) >= 11 is 2.44. The third-order valence-corrected chi connectivity index (χ3v) is 5.50. The molecule has 9 heteroatoms. The SMILES string of the molecule is Cc1cnc(N2C(=N)S/C(=C\c3cn[nH]c3-c3ccc(F)cc3)C2=O)s1. The average Bonchev–Trinajstić information content (AvgIpc) is 3.30. The van der Waals surface area contributed by atoms with Gasteiger partial charge in [0, 0.05) is 22.2 Å². The zero-order valence-electron chi connectivity index (χ0n) is 13.5. The van der Waals surface area contributed by atoms with Crippen LogP contribution in [-0.2, 0) is 4.79 Å². The minimum absolute atomic E-state index is 0.113. The van der Waals surface area contributed by atoms with Crippen LogP contribution in [0, 0.1) is 18.2 Å². The summed E-state index contributed by atoms with van der Waals surface area (Å²) in [5.41, 5.74) is 2.13. The van der Waals surface area contributed by atoms with E-state index >= 15 is 0 Å². The van der Waals surface area contributed by atoms with Crippen molar-refractivity contribution in [1.82, 2.24) is 15.2 Å². The van der Waals surface area contributed by atoms with E-state index in [1.54, 1.807) is 30.6 Å². The van der Waals surface area contributed by atoms with Crippen molar-refractivity contribution in [1.29, 1.82) is 5.41 Å². The van der Waals surface area contributed by atoms with Crippen molar-refractivity contribution >= 4 is 45.4 Å². The second-order valence-electron chi connectivity index (χ2n) is 5.52. The minimum Gasteiger partial charge on any atom is -0.278 e. The van der Waals surface area contributed by atoms with Crippen LogP contribution in [0.2, 0.25) is 0 Å². The van der Waals surface area contributed by atoms with Gasteiger partial charge in [-0.25, -0.2) is 14.3 Å². The monoisotopic (exact) mass is 385 g/mol. The molecule has 1 aliphatic heterocycles. The Labute approximate surface area is 156 Å². The molecule has 1 aliphatic rings. The molecule has 1 amide bonds. The van der Waals surface area contributed by atoms with Crippen LogP contribution in [0.25, 0.3) is 17.3 Å². The predicted molar refractivity (Wildman–Crippen MR) is 102 cm³/mol. The average molecular weight is 385 g/mol. The minimum atomic E-state index is -0.322. The zero-order chi connectivity index (χ0) is 18.3. The lowest BCUT2D eigenvalue weighted by molar-refractivity contribution is -0.113. The number of aromatic amines is 1. The Morgan fingerprint density at radius 1 is 1.27 bits per heavy atom. The Balaban J connectivity index is 1.68. The van der Waals surface area contributed by atoms with Gasteiger partial charge in [0.1, 0.15) is 5.82 Å². The Morgan fingerprint density at radius 3 is 2.73 bits per heavy atom. The van der Waals surface area contributed by atoms with Gasteiger partial charge in [0.15, 0.2) is 10.3 Å². The van der Waals surface area contributed by atoms with E-state index in [4.69, 9.17) is 5.41 Å². The van der Waals surface area contributed by atoms with E-state index in [1.165, 1.54) is 28.4 Å². The van der Waals surface area contributed by atoms with Gasteiger partial charge in [-0.1, -0.05) is 0 Å². The number of carbonyl (C=O) groups excluding carboxylic acids is 1. The number of hydrogen-bond acceptors (Lipinski definition) is 6. The highest BCUT2D eigenvalue weighted by Crippen LogP contribution is 2.37. The summed E-state index contributed by atoms with van der Waals surface area (Å²) in [4.78, 5) is 19.6. The molecule has 0 bridgehead atoms. The molecule has 1 aromatic carbocycles. The molecule has 4 rings (SSSR count). The Hall–Kier alpha value is -2.78. The Bertz CT molecular complexity index is 1040. The van der Waals surface area contributed by atoms with Crippen LogP contribution in [-0.4, -0.2) is 26.3 Å². The molecule has 0 spiro atoms. The smallest absolute Gasteiger partial charge is 0.273 e. The Morgan fingerprint density at radius 2 is 2.04 bits per heavy atom. The molecule has 0 unspecified atom stereocenters. The Kier molecular flexibility index (Phi) is 4.17.